The molecule has 1 saturated heterocycles. The minimum Gasteiger partial charge on any atom is -0.358 e. The van der Waals surface area contributed by atoms with Gasteiger partial charge in [-0.2, -0.15) is 18.2 Å². The zero-order valence-corrected chi connectivity index (χ0v) is 13.7. The molecular formula is C14H13F3N6O4. The zero-order valence-electron chi connectivity index (χ0n) is 13.7. The third-order valence-corrected chi connectivity index (χ3v) is 4.92. The first kappa shape index (κ1) is 17.4. The number of carbonyl (C=O) groups is 1. The molecule has 1 N–H and O–H groups in total. The summed E-state index contributed by atoms with van der Waals surface area (Å²) in [5, 5.41) is 20.1. The first-order valence-corrected chi connectivity index (χ1v) is 8.11. The van der Waals surface area contributed by atoms with Gasteiger partial charge in [0.25, 0.3) is 5.91 Å². The Labute approximate surface area is 148 Å². The van der Waals surface area contributed by atoms with Crippen LogP contribution in [0.4, 0.5) is 19.0 Å². The topological polar surface area (TPSA) is 131 Å². The number of hydrogen-bond donors (Lipinski definition) is 1. The van der Waals surface area contributed by atoms with Crippen molar-refractivity contribution in [1.82, 2.24) is 25.2 Å². The number of nitrogens with zero attached hydrogens (tertiary/aromatic N) is 5. The van der Waals surface area contributed by atoms with Crippen molar-refractivity contribution >= 4 is 11.7 Å². The second kappa shape index (κ2) is 5.76. The summed E-state index contributed by atoms with van der Waals surface area (Å²) in [4.78, 5) is 27.4. The molecule has 0 spiro atoms. The van der Waals surface area contributed by atoms with E-state index in [0.29, 0.717) is 0 Å². The van der Waals surface area contributed by atoms with Crippen molar-refractivity contribution < 1.29 is 27.4 Å². The fraction of sp³-hybridized carbons (Fsp3) is 0.571. The van der Waals surface area contributed by atoms with Gasteiger partial charge in [0.2, 0.25) is 5.89 Å². The summed E-state index contributed by atoms with van der Waals surface area (Å²) in [5.41, 5.74) is -2.90. The van der Waals surface area contributed by atoms with Crippen molar-refractivity contribution in [3.8, 4) is 0 Å². The summed E-state index contributed by atoms with van der Waals surface area (Å²) in [5.74, 6) is -1.90. The van der Waals surface area contributed by atoms with E-state index in [0.717, 1.165) is 23.9 Å². The average Bonchev–Trinajstić information content (AvgIpc) is 3.08. The number of likely N-dealkylation sites (tertiary alicyclic amines) is 1. The molecule has 0 aromatic carbocycles. The summed E-state index contributed by atoms with van der Waals surface area (Å²) < 4.78 is 46.7. The van der Waals surface area contributed by atoms with E-state index in [-0.39, 0.29) is 18.3 Å². The zero-order chi connectivity index (χ0) is 19.4. The highest BCUT2D eigenvalue weighted by Gasteiger charge is 2.63. The highest BCUT2D eigenvalue weighted by molar-refractivity contribution is 5.97. The molecule has 2 aromatic rings. The Bertz CT molecular complexity index is 905. The molecule has 13 heteroatoms. The number of carbonyl (C=O) groups excluding carboxylic acids is 1. The third-order valence-electron chi connectivity index (χ3n) is 4.92. The second-order valence-electron chi connectivity index (χ2n) is 6.68. The number of hydrogen-bond acceptors (Lipinski definition) is 7. The van der Waals surface area contributed by atoms with Gasteiger partial charge < -0.3 is 19.5 Å². The fourth-order valence-electron chi connectivity index (χ4n) is 3.19. The van der Waals surface area contributed by atoms with Gasteiger partial charge in [0.1, 0.15) is 0 Å². The Morgan fingerprint density at radius 1 is 1.44 bits per heavy atom. The maximum absolute atomic E-state index is 13.9. The molecule has 1 amide bonds. The van der Waals surface area contributed by atoms with E-state index in [4.69, 9.17) is 4.52 Å². The van der Waals surface area contributed by atoms with Crippen LogP contribution in [0, 0.1) is 10.1 Å². The fourth-order valence-corrected chi connectivity index (χ4v) is 3.19. The van der Waals surface area contributed by atoms with Crippen LogP contribution in [0.1, 0.15) is 47.3 Å². The first-order valence-electron chi connectivity index (χ1n) is 8.11. The molecule has 2 fully saturated rings. The highest BCUT2D eigenvalue weighted by Crippen LogP contribution is 2.48. The van der Waals surface area contributed by atoms with Crippen molar-refractivity contribution in [2.75, 3.05) is 13.1 Å². The van der Waals surface area contributed by atoms with Crippen molar-refractivity contribution in [2.24, 2.45) is 0 Å². The minimum atomic E-state index is -4.74. The molecule has 3 heterocycles. The number of aromatic nitrogens is 4. The van der Waals surface area contributed by atoms with Crippen LogP contribution in [0.2, 0.25) is 0 Å². The number of aromatic amines is 1. The van der Waals surface area contributed by atoms with E-state index in [2.05, 4.69) is 20.3 Å². The van der Waals surface area contributed by atoms with Crippen LogP contribution >= 0.6 is 0 Å². The third kappa shape index (κ3) is 2.73. The smallest absolute Gasteiger partial charge is 0.358 e. The Balaban J connectivity index is 1.64. The van der Waals surface area contributed by atoms with Gasteiger partial charge >= 0.3 is 12.0 Å². The standard InChI is InChI=1S/C14H13F3N6O4/c15-14(16,17)13(12-19-9(21-27-12)7-1-2-7)3-4-22(6-13)11(24)8-5-18-20-10(8)23(25)26/h5,7H,1-4,6H2,(H,18,20). The van der Waals surface area contributed by atoms with E-state index >= 15 is 0 Å². The monoisotopic (exact) mass is 386 g/mol. The lowest BCUT2D eigenvalue weighted by atomic mass is 9.86. The molecule has 10 nitrogen and oxygen atoms in total. The second-order valence-corrected chi connectivity index (χ2v) is 6.68. The van der Waals surface area contributed by atoms with Crippen LogP contribution in [0.5, 0.6) is 0 Å². The van der Waals surface area contributed by atoms with Gasteiger partial charge in [0.15, 0.2) is 16.8 Å². The molecule has 2 aliphatic rings. The molecular weight excluding hydrogens is 373 g/mol. The van der Waals surface area contributed by atoms with Crippen molar-refractivity contribution in [3.63, 3.8) is 0 Å². The van der Waals surface area contributed by atoms with Gasteiger partial charge in [0, 0.05) is 19.0 Å². The highest BCUT2D eigenvalue weighted by atomic mass is 19.4. The van der Waals surface area contributed by atoms with Crippen molar-refractivity contribution in [1.29, 1.82) is 0 Å². The van der Waals surface area contributed by atoms with Crippen LogP contribution in [0.25, 0.3) is 0 Å². The summed E-state index contributed by atoms with van der Waals surface area (Å²) in [6, 6.07) is 0. The molecule has 1 aliphatic heterocycles. The predicted octanol–water partition coefficient (Wildman–Crippen LogP) is 1.92. The summed E-state index contributed by atoms with van der Waals surface area (Å²) in [7, 11) is 0. The number of alkyl halides is 3. The molecule has 4 rings (SSSR count). The van der Waals surface area contributed by atoms with E-state index in [9.17, 15) is 28.1 Å². The Morgan fingerprint density at radius 3 is 2.81 bits per heavy atom. The summed E-state index contributed by atoms with van der Waals surface area (Å²) in [6.45, 7) is -1.02. The maximum atomic E-state index is 13.9. The number of H-pyrrole nitrogens is 1. The normalized spacial score (nSPS) is 23.0. The van der Waals surface area contributed by atoms with Crippen molar-refractivity contribution in [3.05, 3.63) is 33.6 Å². The van der Waals surface area contributed by atoms with E-state index in [1.54, 1.807) is 0 Å². The molecule has 2 aromatic heterocycles. The van der Waals surface area contributed by atoms with Crippen LogP contribution in [-0.2, 0) is 5.41 Å². The maximum Gasteiger partial charge on any atom is 0.405 e. The minimum absolute atomic E-state index is 0.0144. The molecule has 27 heavy (non-hydrogen) atoms. The van der Waals surface area contributed by atoms with Crippen LogP contribution in [-0.4, -0.2) is 55.3 Å². The van der Waals surface area contributed by atoms with Crippen molar-refractivity contribution in [2.45, 2.75) is 36.8 Å². The number of nitro groups is 1. The lowest BCUT2D eigenvalue weighted by Crippen LogP contribution is -2.46. The van der Waals surface area contributed by atoms with Gasteiger partial charge in [-0.3, -0.25) is 4.79 Å². The molecule has 0 bridgehead atoms. The number of nitrogens with one attached hydrogen (secondary N) is 1. The lowest BCUT2D eigenvalue weighted by Gasteiger charge is -2.27. The lowest BCUT2D eigenvalue weighted by molar-refractivity contribution is -0.389. The van der Waals surface area contributed by atoms with E-state index < -0.39 is 52.7 Å². The number of halogens is 3. The summed E-state index contributed by atoms with van der Waals surface area (Å²) >= 11 is 0. The molecule has 1 atom stereocenters. The molecule has 1 unspecified atom stereocenters. The number of amides is 1. The molecule has 1 aliphatic carbocycles. The van der Waals surface area contributed by atoms with Crippen LogP contribution in [0.15, 0.2) is 10.7 Å². The van der Waals surface area contributed by atoms with Gasteiger partial charge in [0.05, 0.1) is 6.20 Å². The van der Waals surface area contributed by atoms with Crippen LogP contribution in [0.3, 0.4) is 0 Å². The van der Waals surface area contributed by atoms with E-state index in [1.165, 1.54) is 0 Å². The quantitative estimate of drug-likeness (QED) is 0.627. The van der Waals surface area contributed by atoms with Gasteiger partial charge in [-0.1, -0.05) is 10.3 Å². The van der Waals surface area contributed by atoms with Gasteiger partial charge in [-0.25, -0.2) is 0 Å². The molecule has 144 valence electrons. The predicted molar refractivity (Wildman–Crippen MR) is 79.8 cm³/mol. The Morgan fingerprint density at radius 2 is 2.19 bits per heavy atom. The number of rotatable bonds is 4. The van der Waals surface area contributed by atoms with Gasteiger partial charge in [-0.05, 0) is 24.2 Å². The SMILES string of the molecule is O=C(c1cn[nH]c1[N+](=O)[O-])N1CCC(c2nc(C3CC3)no2)(C(F)(F)F)C1. The first-order chi connectivity index (χ1) is 12.7. The summed E-state index contributed by atoms with van der Waals surface area (Å²) in [6.07, 6.45) is -2.69. The largest absolute Gasteiger partial charge is 0.405 e. The average molecular weight is 386 g/mol. The van der Waals surface area contributed by atoms with E-state index in [1.807, 2.05) is 0 Å². The van der Waals surface area contributed by atoms with Gasteiger partial charge in [-0.15, -0.1) is 5.10 Å². The Hall–Kier alpha value is -2.99. The Kier molecular flexibility index (Phi) is 3.71. The van der Waals surface area contributed by atoms with Crippen LogP contribution < -0.4 is 0 Å². The molecule has 0 radical (unpaired) electrons. The molecule has 1 saturated carbocycles.